The summed E-state index contributed by atoms with van der Waals surface area (Å²) in [7, 11) is 0. The highest BCUT2D eigenvalue weighted by Gasteiger charge is 2.50. The van der Waals surface area contributed by atoms with E-state index in [1.165, 1.54) is 5.56 Å². The van der Waals surface area contributed by atoms with Crippen molar-refractivity contribution in [3.8, 4) is 0 Å². The Morgan fingerprint density at radius 1 is 1.45 bits per heavy atom. The van der Waals surface area contributed by atoms with Crippen LogP contribution < -0.4 is 5.32 Å². The van der Waals surface area contributed by atoms with Crippen molar-refractivity contribution >= 4 is 5.97 Å². The lowest BCUT2D eigenvalue weighted by Gasteiger charge is -2.33. The first-order valence-corrected chi connectivity index (χ1v) is 7.39. The third-order valence-corrected chi connectivity index (χ3v) is 4.38. The zero-order chi connectivity index (χ0) is 14.0. The van der Waals surface area contributed by atoms with Crippen molar-refractivity contribution in [2.45, 2.75) is 37.9 Å². The molecule has 2 saturated heterocycles. The van der Waals surface area contributed by atoms with Gasteiger partial charge in [-0.25, -0.2) is 0 Å². The number of fused-ring (bicyclic) bond motifs is 2. The van der Waals surface area contributed by atoms with Gasteiger partial charge in [0.25, 0.3) is 0 Å². The van der Waals surface area contributed by atoms with Gasteiger partial charge in [-0.1, -0.05) is 30.3 Å². The highest BCUT2D eigenvalue weighted by atomic mass is 16.5. The van der Waals surface area contributed by atoms with Crippen molar-refractivity contribution in [1.82, 2.24) is 10.2 Å². The van der Waals surface area contributed by atoms with Gasteiger partial charge in [-0.3, -0.25) is 9.69 Å². The van der Waals surface area contributed by atoms with Crippen LogP contribution in [-0.4, -0.2) is 42.1 Å². The predicted octanol–water partition coefficient (Wildman–Crippen LogP) is 1.56. The Kier molecular flexibility index (Phi) is 3.76. The largest absolute Gasteiger partial charge is 0.466 e. The Hall–Kier alpha value is -1.39. The molecular weight excluding hydrogens is 252 g/mol. The summed E-state index contributed by atoms with van der Waals surface area (Å²) >= 11 is 0. The lowest BCUT2D eigenvalue weighted by atomic mass is 9.96. The smallest absolute Gasteiger partial charge is 0.307 e. The number of rotatable bonds is 5. The van der Waals surface area contributed by atoms with Gasteiger partial charge in [-0.15, -0.1) is 0 Å². The third kappa shape index (κ3) is 2.72. The highest BCUT2D eigenvalue weighted by molar-refractivity contribution is 5.71. The summed E-state index contributed by atoms with van der Waals surface area (Å²) in [4.78, 5) is 14.3. The molecule has 0 amide bonds. The number of nitrogens with one attached hydrogen (secondary N) is 1. The number of carbonyl (C=O) groups excluding carboxylic acids is 1. The molecule has 2 atom stereocenters. The van der Waals surface area contributed by atoms with Crippen molar-refractivity contribution in [2.24, 2.45) is 0 Å². The van der Waals surface area contributed by atoms with Gasteiger partial charge in [0.1, 0.15) is 0 Å². The Morgan fingerprint density at radius 3 is 3.00 bits per heavy atom. The number of esters is 1. The van der Waals surface area contributed by atoms with Crippen LogP contribution in [0.15, 0.2) is 30.3 Å². The maximum atomic E-state index is 11.8. The molecule has 108 valence electrons. The van der Waals surface area contributed by atoms with E-state index in [-0.39, 0.29) is 11.5 Å². The molecule has 1 N–H and O–H groups in total. The Balaban J connectivity index is 1.63. The van der Waals surface area contributed by atoms with E-state index in [1.54, 1.807) is 0 Å². The van der Waals surface area contributed by atoms with E-state index in [0.717, 1.165) is 26.1 Å². The van der Waals surface area contributed by atoms with E-state index in [0.29, 0.717) is 19.1 Å². The molecule has 0 aliphatic carbocycles. The maximum absolute atomic E-state index is 11.8. The molecule has 2 bridgehead atoms. The SMILES string of the molecule is CCOC(=O)CC12CC(CN1)N(Cc1ccccc1)C2. The van der Waals surface area contributed by atoms with Crippen LogP contribution in [0.1, 0.15) is 25.3 Å². The molecule has 20 heavy (non-hydrogen) atoms. The first kappa shape index (κ1) is 13.6. The number of hydrogen-bond donors (Lipinski definition) is 1. The molecule has 4 heteroatoms. The van der Waals surface area contributed by atoms with Gasteiger partial charge in [-0.2, -0.15) is 0 Å². The fourth-order valence-electron chi connectivity index (χ4n) is 3.51. The average Bonchev–Trinajstić information content (AvgIpc) is 2.97. The third-order valence-electron chi connectivity index (χ3n) is 4.38. The molecule has 0 saturated carbocycles. The molecule has 1 aromatic rings. The maximum Gasteiger partial charge on any atom is 0.307 e. The molecule has 2 fully saturated rings. The van der Waals surface area contributed by atoms with Crippen LogP contribution in [0.2, 0.25) is 0 Å². The monoisotopic (exact) mass is 274 g/mol. The summed E-state index contributed by atoms with van der Waals surface area (Å²) in [6, 6.07) is 11.1. The second-order valence-corrected chi connectivity index (χ2v) is 5.89. The summed E-state index contributed by atoms with van der Waals surface area (Å²) in [6.45, 7) is 5.21. The molecule has 2 aliphatic rings. The number of ether oxygens (including phenoxy) is 1. The summed E-state index contributed by atoms with van der Waals surface area (Å²) in [5.41, 5.74) is 1.28. The Labute approximate surface area is 120 Å². The molecular formula is C16H22N2O2. The number of likely N-dealkylation sites (tertiary alicyclic amines) is 1. The normalized spacial score (nSPS) is 28.8. The Bertz CT molecular complexity index is 477. The van der Waals surface area contributed by atoms with Crippen molar-refractivity contribution in [2.75, 3.05) is 19.7 Å². The van der Waals surface area contributed by atoms with Gasteiger partial charge in [-0.05, 0) is 18.9 Å². The topological polar surface area (TPSA) is 41.6 Å². The van der Waals surface area contributed by atoms with Crippen molar-refractivity contribution in [3.63, 3.8) is 0 Å². The van der Waals surface area contributed by atoms with E-state index in [4.69, 9.17) is 4.74 Å². The molecule has 2 unspecified atom stereocenters. The summed E-state index contributed by atoms with van der Waals surface area (Å²) in [5, 5.41) is 3.53. The van der Waals surface area contributed by atoms with Crippen LogP contribution in [0, 0.1) is 0 Å². The first-order valence-electron chi connectivity index (χ1n) is 7.39. The molecule has 2 aliphatic heterocycles. The van der Waals surface area contributed by atoms with Crippen molar-refractivity contribution in [1.29, 1.82) is 0 Å². The zero-order valence-corrected chi connectivity index (χ0v) is 12.0. The summed E-state index contributed by atoms with van der Waals surface area (Å²) in [6.07, 6.45) is 1.54. The van der Waals surface area contributed by atoms with E-state index < -0.39 is 0 Å². The minimum atomic E-state index is -0.0813. The molecule has 0 radical (unpaired) electrons. The number of piperazine rings is 1. The van der Waals surface area contributed by atoms with Crippen LogP contribution in [0.5, 0.6) is 0 Å². The average molecular weight is 274 g/mol. The molecule has 1 aromatic carbocycles. The van der Waals surface area contributed by atoms with Crippen LogP contribution in [0.25, 0.3) is 0 Å². The first-order chi connectivity index (χ1) is 9.71. The summed E-state index contributed by atoms with van der Waals surface area (Å²) in [5.74, 6) is -0.0813. The second kappa shape index (κ2) is 5.54. The zero-order valence-electron chi connectivity index (χ0n) is 12.0. The van der Waals surface area contributed by atoms with Crippen LogP contribution in [0.4, 0.5) is 0 Å². The standard InChI is InChI=1S/C16H22N2O2/c1-2-20-15(19)9-16-8-14(10-17-16)18(12-16)11-13-6-4-3-5-7-13/h3-7,14,17H,2,8-12H2,1H3. The molecule has 0 spiro atoms. The fourth-order valence-corrected chi connectivity index (χ4v) is 3.51. The highest BCUT2D eigenvalue weighted by Crippen LogP contribution is 2.36. The van der Waals surface area contributed by atoms with Gasteiger partial charge >= 0.3 is 5.97 Å². The quantitative estimate of drug-likeness (QED) is 0.827. The van der Waals surface area contributed by atoms with E-state index in [9.17, 15) is 4.79 Å². The van der Waals surface area contributed by atoms with E-state index >= 15 is 0 Å². The van der Waals surface area contributed by atoms with Gasteiger partial charge in [0, 0.05) is 31.2 Å². The summed E-state index contributed by atoms with van der Waals surface area (Å²) < 4.78 is 5.11. The second-order valence-electron chi connectivity index (χ2n) is 5.89. The van der Waals surface area contributed by atoms with Crippen molar-refractivity contribution in [3.05, 3.63) is 35.9 Å². The lowest BCUT2D eigenvalue weighted by Crippen LogP contribution is -2.52. The van der Waals surface area contributed by atoms with Crippen LogP contribution >= 0.6 is 0 Å². The van der Waals surface area contributed by atoms with Gasteiger partial charge < -0.3 is 10.1 Å². The predicted molar refractivity (Wildman–Crippen MR) is 77.2 cm³/mol. The van der Waals surface area contributed by atoms with E-state index in [2.05, 4.69) is 34.5 Å². The van der Waals surface area contributed by atoms with Gasteiger partial charge in [0.15, 0.2) is 0 Å². The van der Waals surface area contributed by atoms with Gasteiger partial charge in [0.2, 0.25) is 0 Å². The number of benzene rings is 1. The minimum Gasteiger partial charge on any atom is -0.466 e. The molecule has 4 nitrogen and oxygen atoms in total. The minimum absolute atomic E-state index is 0.0638. The molecule has 3 rings (SSSR count). The van der Waals surface area contributed by atoms with E-state index in [1.807, 2.05) is 13.0 Å². The number of hydrogen-bond acceptors (Lipinski definition) is 4. The van der Waals surface area contributed by atoms with Crippen molar-refractivity contribution < 1.29 is 9.53 Å². The Morgan fingerprint density at radius 2 is 2.25 bits per heavy atom. The van der Waals surface area contributed by atoms with Gasteiger partial charge in [0.05, 0.1) is 13.0 Å². The van der Waals surface area contributed by atoms with Crippen LogP contribution in [-0.2, 0) is 16.1 Å². The fraction of sp³-hybridized carbons (Fsp3) is 0.562. The van der Waals surface area contributed by atoms with Crippen LogP contribution in [0.3, 0.4) is 0 Å². The number of carbonyl (C=O) groups is 1. The molecule has 0 aromatic heterocycles. The number of nitrogens with zero attached hydrogens (tertiary/aromatic N) is 1. The lowest BCUT2D eigenvalue weighted by molar-refractivity contribution is -0.144. The molecule has 2 heterocycles.